The van der Waals surface area contributed by atoms with E-state index >= 15 is 0 Å². The second kappa shape index (κ2) is 6.95. The fraction of sp³-hybridized carbons (Fsp3) is 0.167. The molecular formula is C18H18N4O2. The number of anilines is 2. The highest BCUT2D eigenvalue weighted by Crippen LogP contribution is 2.13. The number of carbonyl (C=O) groups excluding carboxylic acids is 2. The van der Waals surface area contributed by atoms with Gasteiger partial charge in [0.25, 0.3) is 0 Å². The maximum absolute atomic E-state index is 12.4. The van der Waals surface area contributed by atoms with Gasteiger partial charge < -0.3 is 10.6 Å². The summed E-state index contributed by atoms with van der Waals surface area (Å²) in [5, 5.41) is 8.44. The average Bonchev–Trinajstić information content (AvgIpc) is 2.57. The summed E-state index contributed by atoms with van der Waals surface area (Å²) in [5.74, 6) is -0.268. The first kappa shape index (κ1) is 15.7. The number of para-hydroxylation sites is 1. The van der Waals surface area contributed by atoms with Crippen molar-refractivity contribution in [3.05, 3.63) is 60.2 Å². The number of guanidine groups is 1. The van der Waals surface area contributed by atoms with Gasteiger partial charge in [-0.05, 0) is 31.2 Å². The third-order valence-electron chi connectivity index (χ3n) is 3.58. The van der Waals surface area contributed by atoms with Gasteiger partial charge in [-0.2, -0.15) is 0 Å². The SMILES string of the molecule is Cc1ccc(NC(=O)[C@H]2CC(=O)NC(Nc3ccccc3)=N2)cc1. The Bertz CT molecular complexity index is 769. The van der Waals surface area contributed by atoms with Crippen molar-refractivity contribution in [2.75, 3.05) is 10.6 Å². The zero-order valence-electron chi connectivity index (χ0n) is 13.2. The van der Waals surface area contributed by atoms with E-state index in [4.69, 9.17) is 0 Å². The lowest BCUT2D eigenvalue weighted by atomic mass is 10.1. The Morgan fingerprint density at radius 1 is 1.08 bits per heavy atom. The number of aryl methyl sites for hydroxylation is 1. The largest absolute Gasteiger partial charge is 0.326 e. The standard InChI is InChI=1S/C18H18N4O2/c1-12-7-9-14(10-8-12)19-17(24)15-11-16(23)22-18(21-15)20-13-5-3-2-4-6-13/h2-10,15H,11H2,1H3,(H,19,24)(H2,20,21,22,23)/t15-/m1/s1. The fourth-order valence-electron chi connectivity index (χ4n) is 2.33. The quantitative estimate of drug-likeness (QED) is 0.811. The number of hydrogen-bond donors (Lipinski definition) is 3. The van der Waals surface area contributed by atoms with Crippen molar-refractivity contribution in [2.45, 2.75) is 19.4 Å². The summed E-state index contributed by atoms with van der Waals surface area (Å²) >= 11 is 0. The molecule has 1 atom stereocenters. The monoisotopic (exact) mass is 322 g/mol. The summed E-state index contributed by atoms with van der Waals surface area (Å²) in [5.41, 5.74) is 2.58. The number of nitrogens with zero attached hydrogens (tertiary/aromatic N) is 1. The fourth-order valence-corrected chi connectivity index (χ4v) is 2.33. The molecule has 0 unspecified atom stereocenters. The molecule has 0 aromatic heterocycles. The molecule has 3 rings (SSSR count). The smallest absolute Gasteiger partial charge is 0.249 e. The van der Waals surface area contributed by atoms with Crippen molar-refractivity contribution >= 4 is 29.1 Å². The van der Waals surface area contributed by atoms with E-state index in [1.807, 2.05) is 61.5 Å². The van der Waals surface area contributed by atoms with Crippen LogP contribution in [0.5, 0.6) is 0 Å². The van der Waals surface area contributed by atoms with E-state index in [-0.39, 0.29) is 24.2 Å². The van der Waals surface area contributed by atoms with E-state index in [1.165, 1.54) is 0 Å². The highest BCUT2D eigenvalue weighted by molar-refractivity contribution is 6.09. The van der Waals surface area contributed by atoms with Gasteiger partial charge in [0, 0.05) is 11.4 Å². The van der Waals surface area contributed by atoms with Gasteiger partial charge in [0.15, 0.2) is 0 Å². The number of nitrogens with one attached hydrogen (secondary N) is 3. The second-order valence-electron chi connectivity index (χ2n) is 5.59. The molecule has 6 nitrogen and oxygen atoms in total. The molecule has 0 fully saturated rings. The van der Waals surface area contributed by atoms with Crippen LogP contribution in [0.25, 0.3) is 0 Å². The Balaban J connectivity index is 1.71. The predicted molar refractivity (Wildman–Crippen MR) is 93.9 cm³/mol. The van der Waals surface area contributed by atoms with E-state index in [2.05, 4.69) is 20.9 Å². The Morgan fingerprint density at radius 3 is 2.50 bits per heavy atom. The van der Waals surface area contributed by atoms with Crippen LogP contribution in [0, 0.1) is 6.92 Å². The van der Waals surface area contributed by atoms with Crippen molar-refractivity contribution in [2.24, 2.45) is 4.99 Å². The lowest BCUT2D eigenvalue weighted by molar-refractivity contribution is -0.124. The summed E-state index contributed by atoms with van der Waals surface area (Å²) in [6, 6.07) is 16.0. The molecule has 2 amide bonds. The van der Waals surface area contributed by atoms with Crippen molar-refractivity contribution < 1.29 is 9.59 Å². The highest BCUT2D eigenvalue weighted by atomic mass is 16.2. The van der Waals surface area contributed by atoms with E-state index in [0.717, 1.165) is 11.3 Å². The lowest BCUT2D eigenvalue weighted by Gasteiger charge is -2.21. The van der Waals surface area contributed by atoms with E-state index < -0.39 is 6.04 Å². The van der Waals surface area contributed by atoms with Crippen LogP contribution in [0.2, 0.25) is 0 Å². The van der Waals surface area contributed by atoms with Crippen LogP contribution in [-0.2, 0) is 9.59 Å². The average molecular weight is 322 g/mol. The lowest BCUT2D eigenvalue weighted by Crippen LogP contribution is -2.45. The van der Waals surface area contributed by atoms with E-state index in [9.17, 15) is 9.59 Å². The molecule has 1 aliphatic rings. The first-order valence-electron chi connectivity index (χ1n) is 7.67. The van der Waals surface area contributed by atoms with Crippen LogP contribution in [0.4, 0.5) is 11.4 Å². The third kappa shape index (κ3) is 3.98. The van der Waals surface area contributed by atoms with Crippen molar-refractivity contribution in [1.82, 2.24) is 5.32 Å². The number of benzene rings is 2. The van der Waals surface area contributed by atoms with Gasteiger partial charge in [0.2, 0.25) is 17.8 Å². The van der Waals surface area contributed by atoms with Gasteiger partial charge in [0.05, 0.1) is 6.42 Å². The molecule has 0 spiro atoms. The third-order valence-corrected chi connectivity index (χ3v) is 3.58. The summed E-state index contributed by atoms with van der Waals surface area (Å²) in [6.45, 7) is 1.98. The first-order chi connectivity index (χ1) is 11.6. The zero-order chi connectivity index (χ0) is 16.9. The highest BCUT2D eigenvalue weighted by Gasteiger charge is 2.27. The molecule has 1 aliphatic heterocycles. The minimum absolute atomic E-state index is 0.0255. The number of hydrogen-bond acceptors (Lipinski definition) is 4. The predicted octanol–water partition coefficient (Wildman–Crippen LogP) is 2.29. The summed E-state index contributed by atoms with van der Waals surface area (Å²) < 4.78 is 0. The topological polar surface area (TPSA) is 82.6 Å². The first-order valence-corrected chi connectivity index (χ1v) is 7.67. The Labute approximate surface area is 140 Å². The maximum Gasteiger partial charge on any atom is 0.249 e. The van der Waals surface area contributed by atoms with Crippen LogP contribution >= 0.6 is 0 Å². The molecule has 1 heterocycles. The van der Waals surface area contributed by atoms with Crippen molar-refractivity contribution in [1.29, 1.82) is 0 Å². The molecule has 0 saturated carbocycles. The van der Waals surface area contributed by atoms with Gasteiger partial charge >= 0.3 is 0 Å². The second-order valence-corrected chi connectivity index (χ2v) is 5.59. The summed E-state index contributed by atoms with van der Waals surface area (Å²) in [6.07, 6.45) is 0.0255. The normalized spacial score (nSPS) is 16.8. The van der Waals surface area contributed by atoms with Gasteiger partial charge in [-0.25, -0.2) is 4.99 Å². The number of carbonyl (C=O) groups is 2. The molecule has 122 valence electrons. The number of aliphatic imine (C=N–C) groups is 1. The Kier molecular flexibility index (Phi) is 4.56. The molecular weight excluding hydrogens is 304 g/mol. The van der Waals surface area contributed by atoms with Crippen molar-refractivity contribution in [3.63, 3.8) is 0 Å². The molecule has 2 aromatic rings. The number of amides is 2. The molecule has 0 radical (unpaired) electrons. The maximum atomic E-state index is 12.4. The van der Waals surface area contributed by atoms with Gasteiger partial charge in [-0.3, -0.25) is 14.9 Å². The van der Waals surface area contributed by atoms with Gasteiger partial charge in [-0.1, -0.05) is 35.9 Å². The minimum Gasteiger partial charge on any atom is -0.326 e. The van der Waals surface area contributed by atoms with Crippen molar-refractivity contribution in [3.8, 4) is 0 Å². The molecule has 3 N–H and O–H groups in total. The van der Waals surface area contributed by atoms with Gasteiger partial charge in [-0.15, -0.1) is 0 Å². The van der Waals surface area contributed by atoms with Crippen LogP contribution in [0.1, 0.15) is 12.0 Å². The summed E-state index contributed by atoms with van der Waals surface area (Å²) in [7, 11) is 0. The van der Waals surface area contributed by atoms with E-state index in [0.29, 0.717) is 5.69 Å². The van der Waals surface area contributed by atoms with Crippen LogP contribution < -0.4 is 16.0 Å². The zero-order valence-corrected chi connectivity index (χ0v) is 13.2. The molecule has 0 bridgehead atoms. The number of rotatable bonds is 3. The molecule has 6 heteroatoms. The van der Waals surface area contributed by atoms with Crippen LogP contribution in [0.3, 0.4) is 0 Å². The Hall–Kier alpha value is -3.15. The molecule has 24 heavy (non-hydrogen) atoms. The molecule has 2 aromatic carbocycles. The minimum atomic E-state index is -0.758. The molecule has 0 aliphatic carbocycles. The summed E-state index contributed by atoms with van der Waals surface area (Å²) in [4.78, 5) is 28.5. The Morgan fingerprint density at radius 2 is 1.79 bits per heavy atom. The van der Waals surface area contributed by atoms with E-state index in [1.54, 1.807) is 0 Å². The van der Waals surface area contributed by atoms with Crippen LogP contribution in [0.15, 0.2) is 59.6 Å². The molecule has 0 saturated heterocycles. The van der Waals surface area contributed by atoms with Gasteiger partial charge in [0.1, 0.15) is 6.04 Å². The van der Waals surface area contributed by atoms with Crippen LogP contribution in [-0.4, -0.2) is 23.8 Å².